The van der Waals surface area contributed by atoms with E-state index in [4.69, 9.17) is 0 Å². The van der Waals surface area contributed by atoms with Crippen LogP contribution in [-0.4, -0.2) is 35.2 Å². The number of halogens is 1. The summed E-state index contributed by atoms with van der Waals surface area (Å²) in [6.07, 6.45) is 2.06. The highest BCUT2D eigenvalue weighted by atomic mass is 79.9. The molecule has 0 aromatic rings. The fourth-order valence-corrected chi connectivity index (χ4v) is 2.62. The molecule has 0 spiro atoms. The lowest BCUT2D eigenvalue weighted by molar-refractivity contribution is -0.142. The Hall–Kier alpha value is -1.69. The molecule has 5 nitrogen and oxygen atoms in total. The van der Waals surface area contributed by atoms with Gasteiger partial charge < -0.3 is 4.90 Å². The van der Waals surface area contributed by atoms with E-state index in [1.54, 1.807) is 0 Å². The Labute approximate surface area is 119 Å². The summed E-state index contributed by atoms with van der Waals surface area (Å²) >= 11 is 3.25. The number of hydrogen-bond donors (Lipinski definition) is 1. The SMILES string of the molecule is C=CC1=C(C(=C)Br)CN(C2CCC(=O)NC2=O)C1=O. The van der Waals surface area contributed by atoms with Crippen LogP contribution >= 0.6 is 15.9 Å². The number of piperidine rings is 1. The van der Waals surface area contributed by atoms with Crippen molar-refractivity contribution in [2.24, 2.45) is 0 Å². The van der Waals surface area contributed by atoms with E-state index >= 15 is 0 Å². The lowest BCUT2D eigenvalue weighted by atomic mass is 10.0. The Morgan fingerprint density at radius 3 is 2.58 bits per heavy atom. The number of hydrogen-bond acceptors (Lipinski definition) is 3. The number of nitrogens with one attached hydrogen (secondary N) is 1. The van der Waals surface area contributed by atoms with Gasteiger partial charge in [0.05, 0.1) is 0 Å². The maximum Gasteiger partial charge on any atom is 0.255 e. The molecule has 1 unspecified atom stereocenters. The van der Waals surface area contributed by atoms with Gasteiger partial charge in [0.25, 0.3) is 5.91 Å². The van der Waals surface area contributed by atoms with Crippen molar-refractivity contribution < 1.29 is 14.4 Å². The van der Waals surface area contributed by atoms with Crippen LogP contribution in [0.3, 0.4) is 0 Å². The maximum absolute atomic E-state index is 12.2. The minimum Gasteiger partial charge on any atom is -0.322 e. The molecule has 0 saturated carbocycles. The smallest absolute Gasteiger partial charge is 0.255 e. The number of rotatable bonds is 3. The van der Waals surface area contributed by atoms with Crippen LogP contribution < -0.4 is 5.32 Å². The highest BCUT2D eigenvalue weighted by molar-refractivity contribution is 9.11. The van der Waals surface area contributed by atoms with E-state index in [2.05, 4.69) is 34.4 Å². The van der Waals surface area contributed by atoms with E-state index < -0.39 is 11.9 Å². The van der Waals surface area contributed by atoms with Gasteiger partial charge in [0, 0.05) is 23.0 Å². The first-order chi connectivity index (χ1) is 8.95. The first kappa shape index (κ1) is 13.7. The quantitative estimate of drug-likeness (QED) is 0.788. The van der Waals surface area contributed by atoms with Crippen molar-refractivity contribution in [1.82, 2.24) is 10.2 Å². The fraction of sp³-hybridized carbons (Fsp3) is 0.308. The molecule has 19 heavy (non-hydrogen) atoms. The zero-order valence-corrected chi connectivity index (χ0v) is 11.8. The number of carbonyl (C=O) groups is 3. The molecule has 0 aromatic carbocycles. The Bertz CT molecular complexity index is 536. The van der Waals surface area contributed by atoms with Gasteiger partial charge in [-0.15, -0.1) is 0 Å². The average Bonchev–Trinajstić information content (AvgIpc) is 2.66. The molecule has 3 amide bonds. The largest absolute Gasteiger partial charge is 0.322 e. The molecule has 0 aromatic heterocycles. The highest BCUT2D eigenvalue weighted by Crippen LogP contribution is 2.30. The fourth-order valence-electron chi connectivity index (χ4n) is 2.28. The summed E-state index contributed by atoms with van der Waals surface area (Å²) in [5.41, 5.74) is 1.18. The molecule has 100 valence electrons. The zero-order valence-electron chi connectivity index (χ0n) is 10.2. The molecule has 2 aliphatic heterocycles. The standard InChI is InChI=1S/C13H13BrN2O3/c1-3-8-9(7(2)14)6-16(13(8)19)10-4-5-11(17)15-12(10)18/h3,10H,1-2,4-6H2,(H,15,17,18). The predicted molar refractivity (Wildman–Crippen MR) is 73.2 cm³/mol. The van der Waals surface area contributed by atoms with Crippen molar-refractivity contribution in [3.8, 4) is 0 Å². The third-order valence-electron chi connectivity index (χ3n) is 3.26. The second-order valence-electron chi connectivity index (χ2n) is 4.40. The zero-order chi connectivity index (χ0) is 14.2. The molecular weight excluding hydrogens is 312 g/mol. The van der Waals surface area contributed by atoms with Crippen LogP contribution in [0, 0.1) is 0 Å². The van der Waals surface area contributed by atoms with Gasteiger partial charge in [-0.25, -0.2) is 0 Å². The minimum absolute atomic E-state index is 0.244. The normalized spacial score (nSPS) is 23.7. The van der Waals surface area contributed by atoms with E-state index in [-0.39, 0.29) is 18.2 Å². The Balaban J connectivity index is 2.24. The van der Waals surface area contributed by atoms with Crippen molar-refractivity contribution >= 4 is 33.7 Å². The van der Waals surface area contributed by atoms with Crippen LogP contribution in [0.2, 0.25) is 0 Å². The van der Waals surface area contributed by atoms with Gasteiger partial charge in [0.15, 0.2) is 0 Å². The van der Waals surface area contributed by atoms with E-state index in [1.807, 2.05) is 0 Å². The Morgan fingerprint density at radius 2 is 2.11 bits per heavy atom. The number of nitrogens with zero attached hydrogens (tertiary/aromatic N) is 1. The molecule has 1 N–H and O–H groups in total. The third-order valence-corrected chi connectivity index (χ3v) is 3.74. The molecule has 1 fully saturated rings. The number of amides is 3. The second kappa shape index (κ2) is 5.13. The molecule has 2 rings (SSSR count). The van der Waals surface area contributed by atoms with Gasteiger partial charge in [-0.1, -0.05) is 35.2 Å². The van der Waals surface area contributed by atoms with Crippen LogP contribution in [-0.2, 0) is 14.4 Å². The summed E-state index contributed by atoms with van der Waals surface area (Å²) in [5, 5.41) is 2.25. The van der Waals surface area contributed by atoms with E-state index in [0.717, 1.165) is 5.57 Å². The lowest BCUT2D eigenvalue weighted by Crippen LogP contribution is -2.53. The van der Waals surface area contributed by atoms with Crippen molar-refractivity contribution in [3.63, 3.8) is 0 Å². The monoisotopic (exact) mass is 324 g/mol. The van der Waals surface area contributed by atoms with Crippen LogP contribution in [0.1, 0.15) is 12.8 Å². The summed E-state index contributed by atoms with van der Waals surface area (Å²) < 4.78 is 0.602. The summed E-state index contributed by atoms with van der Waals surface area (Å²) in [7, 11) is 0. The van der Waals surface area contributed by atoms with E-state index in [0.29, 0.717) is 23.0 Å². The van der Waals surface area contributed by atoms with Gasteiger partial charge in [0.2, 0.25) is 11.8 Å². The Kier molecular flexibility index (Phi) is 3.71. The van der Waals surface area contributed by atoms with Gasteiger partial charge in [-0.2, -0.15) is 0 Å². The lowest BCUT2D eigenvalue weighted by Gasteiger charge is -2.29. The molecule has 2 heterocycles. The number of imide groups is 1. The minimum atomic E-state index is -0.607. The first-order valence-corrected chi connectivity index (χ1v) is 6.60. The maximum atomic E-state index is 12.2. The second-order valence-corrected chi connectivity index (χ2v) is 5.36. The first-order valence-electron chi connectivity index (χ1n) is 5.80. The number of carbonyl (C=O) groups excluding carboxylic acids is 3. The van der Waals surface area contributed by atoms with Crippen molar-refractivity contribution in [3.05, 3.63) is 34.9 Å². The molecule has 6 heteroatoms. The van der Waals surface area contributed by atoms with Gasteiger partial charge in [-0.3, -0.25) is 19.7 Å². The van der Waals surface area contributed by atoms with Gasteiger partial charge in [-0.05, 0) is 12.0 Å². The van der Waals surface area contributed by atoms with Crippen LogP contribution in [0.4, 0.5) is 0 Å². The summed E-state index contributed by atoms with van der Waals surface area (Å²) in [5.74, 6) is -0.968. The predicted octanol–water partition coefficient (Wildman–Crippen LogP) is 1.02. The Morgan fingerprint density at radius 1 is 1.42 bits per heavy atom. The highest BCUT2D eigenvalue weighted by Gasteiger charge is 2.39. The summed E-state index contributed by atoms with van der Waals surface area (Å²) in [4.78, 5) is 36.6. The third kappa shape index (κ3) is 2.40. The van der Waals surface area contributed by atoms with Gasteiger partial charge >= 0.3 is 0 Å². The van der Waals surface area contributed by atoms with Crippen LogP contribution in [0.25, 0.3) is 0 Å². The molecule has 0 radical (unpaired) electrons. The van der Waals surface area contributed by atoms with Crippen LogP contribution in [0.5, 0.6) is 0 Å². The van der Waals surface area contributed by atoms with Crippen LogP contribution in [0.15, 0.2) is 34.9 Å². The van der Waals surface area contributed by atoms with Gasteiger partial charge in [0.1, 0.15) is 6.04 Å². The molecule has 1 atom stereocenters. The summed E-state index contributed by atoms with van der Waals surface area (Å²) in [6.45, 7) is 7.67. The average molecular weight is 325 g/mol. The van der Waals surface area contributed by atoms with Crippen molar-refractivity contribution in [2.45, 2.75) is 18.9 Å². The topological polar surface area (TPSA) is 66.5 Å². The van der Waals surface area contributed by atoms with E-state index in [1.165, 1.54) is 11.0 Å². The molecule has 2 aliphatic rings. The van der Waals surface area contributed by atoms with E-state index in [9.17, 15) is 14.4 Å². The molecule has 1 saturated heterocycles. The molecule has 0 bridgehead atoms. The van der Waals surface area contributed by atoms with Crippen molar-refractivity contribution in [2.75, 3.05) is 6.54 Å². The van der Waals surface area contributed by atoms with Crippen molar-refractivity contribution in [1.29, 1.82) is 0 Å². The summed E-state index contributed by atoms with van der Waals surface area (Å²) in [6, 6.07) is -0.607. The molecular formula is C13H13BrN2O3. The molecule has 0 aliphatic carbocycles.